The molecule has 1 atom stereocenters. The highest BCUT2D eigenvalue weighted by molar-refractivity contribution is 5.35. The molecule has 2 rings (SSSR count). The van der Waals surface area contributed by atoms with E-state index in [-0.39, 0.29) is 11.5 Å². The van der Waals surface area contributed by atoms with Gasteiger partial charge in [-0.3, -0.25) is 0 Å². The fourth-order valence-corrected chi connectivity index (χ4v) is 1.35. The van der Waals surface area contributed by atoms with Gasteiger partial charge in [-0.1, -0.05) is 6.07 Å². The van der Waals surface area contributed by atoms with Crippen LogP contribution in [0.15, 0.2) is 36.1 Å². The minimum atomic E-state index is -4.72. The highest BCUT2D eigenvalue weighted by atomic mass is 19.4. The van der Waals surface area contributed by atoms with Gasteiger partial charge in [0.25, 0.3) is 0 Å². The number of hydrogen-bond donors (Lipinski definition) is 1. The van der Waals surface area contributed by atoms with Crippen LogP contribution in [0, 0.1) is 0 Å². The Morgan fingerprint density at radius 2 is 1.88 bits per heavy atom. The average Bonchev–Trinajstić information content (AvgIpc) is 2.13. The van der Waals surface area contributed by atoms with Crippen LogP contribution in [-0.2, 0) is 0 Å². The second-order valence-electron chi connectivity index (χ2n) is 3.53. The molecule has 1 aromatic carbocycles. The van der Waals surface area contributed by atoms with Crippen molar-refractivity contribution in [1.29, 1.82) is 0 Å². The van der Waals surface area contributed by atoms with E-state index in [0.29, 0.717) is 12.2 Å². The van der Waals surface area contributed by atoms with Gasteiger partial charge in [-0.15, -0.1) is 13.2 Å². The molecule has 0 unspecified atom stereocenters. The van der Waals surface area contributed by atoms with Crippen LogP contribution in [-0.4, -0.2) is 17.6 Å². The van der Waals surface area contributed by atoms with Crippen LogP contribution in [0.2, 0.25) is 0 Å². The summed E-state index contributed by atoms with van der Waals surface area (Å²) in [5.74, 6) is 0.432. The number of halogens is 3. The van der Waals surface area contributed by atoms with Gasteiger partial charge in [0.05, 0.1) is 6.10 Å². The summed E-state index contributed by atoms with van der Waals surface area (Å²) in [6.07, 6.45) is -3.40. The number of hydrogen-bond acceptors (Lipinski definition) is 3. The molecule has 0 heterocycles. The summed E-state index contributed by atoms with van der Waals surface area (Å²) >= 11 is 0. The van der Waals surface area contributed by atoms with Crippen LogP contribution in [0.4, 0.5) is 13.2 Å². The first-order valence-corrected chi connectivity index (χ1v) is 4.85. The highest BCUT2D eigenvalue weighted by Gasteiger charge is 2.31. The van der Waals surface area contributed by atoms with Crippen LogP contribution < -0.4 is 9.47 Å². The maximum absolute atomic E-state index is 12.0. The van der Waals surface area contributed by atoms with Gasteiger partial charge < -0.3 is 14.6 Å². The fraction of sp³-hybridized carbons (Fsp3) is 0.273. The summed E-state index contributed by atoms with van der Waals surface area (Å²) in [5.41, 5.74) is 0. The molecule has 0 bridgehead atoms. The molecule has 0 radical (unpaired) electrons. The number of alkyl halides is 3. The lowest BCUT2D eigenvalue weighted by atomic mass is 10.1. The molecule has 1 aliphatic rings. The van der Waals surface area contributed by atoms with Gasteiger partial charge in [0.2, 0.25) is 0 Å². The number of aliphatic hydroxyl groups excluding tert-OH is 1. The van der Waals surface area contributed by atoms with Gasteiger partial charge >= 0.3 is 6.36 Å². The lowest BCUT2D eigenvalue weighted by molar-refractivity contribution is -0.274. The van der Waals surface area contributed by atoms with Crippen molar-refractivity contribution < 1.29 is 27.8 Å². The van der Waals surface area contributed by atoms with Gasteiger partial charge in [-0.25, -0.2) is 0 Å². The van der Waals surface area contributed by atoms with E-state index in [0.717, 1.165) is 6.07 Å². The molecule has 0 aromatic heterocycles. The summed E-state index contributed by atoms with van der Waals surface area (Å²) < 4.78 is 44.8. The molecular weight excluding hydrogens is 237 g/mol. The van der Waals surface area contributed by atoms with Gasteiger partial charge in [0, 0.05) is 12.5 Å². The minimum absolute atomic E-state index is 0.241. The van der Waals surface area contributed by atoms with Gasteiger partial charge in [-0.2, -0.15) is 0 Å². The Bertz CT molecular complexity index is 440. The largest absolute Gasteiger partial charge is 0.573 e. The van der Waals surface area contributed by atoms with E-state index in [1.807, 2.05) is 0 Å². The Morgan fingerprint density at radius 3 is 2.47 bits per heavy atom. The smallest absolute Gasteiger partial charge is 0.462 e. The van der Waals surface area contributed by atoms with Crippen molar-refractivity contribution in [3.63, 3.8) is 0 Å². The van der Waals surface area contributed by atoms with E-state index >= 15 is 0 Å². The zero-order chi connectivity index (χ0) is 12.5. The standard InChI is InChI=1S/C11H9F3O3/c12-11(13,14)17-9-3-1-2-8(6-9)16-10-4-7(15)5-10/h1-4,6-7,15H,5H2/t7-/m0/s1. The van der Waals surface area contributed by atoms with E-state index in [1.165, 1.54) is 24.3 Å². The Morgan fingerprint density at radius 1 is 1.24 bits per heavy atom. The first-order chi connectivity index (χ1) is 7.92. The monoisotopic (exact) mass is 246 g/mol. The first kappa shape index (κ1) is 11.8. The molecule has 3 nitrogen and oxygen atoms in total. The van der Waals surface area contributed by atoms with Crippen LogP contribution in [0.3, 0.4) is 0 Å². The van der Waals surface area contributed by atoms with Crippen molar-refractivity contribution in [1.82, 2.24) is 0 Å². The molecule has 0 saturated carbocycles. The number of ether oxygens (including phenoxy) is 2. The summed E-state index contributed by atoms with van der Waals surface area (Å²) in [5, 5.41) is 8.97. The first-order valence-electron chi connectivity index (χ1n) is 4.85. The Labute approximate surface area is 95.1 Å². The number of aliphatic hydroxyl groups is 1. The van der Waals surface area contributed by atoms with Crippen LogP contribution in [0.1, 0.15) is 6.42 Å². The molecule has 0 fully saturated rings. The normalized spacial score (nSPS) is 19.3. The van der Waals surface area contributed by atoms with E-state index in [9.17, 15) is 13.2 Å². The zero-order valence-electron chi connectivity index (χ0n) is 8.57. The SMILES string of the molecule is O[C@H]1C=C(Oc2cccc(OC(F)(F)F)c2)C1. The zero-order valence-corrected chi connectivity index (χ0v) is 8.57. The molecule has 1 N–H and O–H groups in total. The molecule has 0 spiro atoms. The summed E-state index contributed by atoms with van der Waals surface area (Å²) in [6, 6.07) is 5.23. The summed E-state index contributed by atoms with van der Waals surface area (Å²) in [7, 11) is 0. The maximum atomic E-state index is 12.0. The van der Waals surface area contributed by atoms with E-state index in [4.69, 9.17) is 9.84 Å². The van der Waals surface area contributed by atoms with Crippen molar-refractivity contribution in [2.45, 2.75) is 18.9 Å². The predicted molar refractivity (Wildman–Crippen MR) is 52.5 cm³/mol. The molecule has 0 aliphatic heterocycles. The third-order valence-corrected chi connectivity index (χ3v) is 2.08. The predicted octanol–water partition coefficient (Wildman–Crippen LogP) is 2.61. The third kappa shape index (κ3) is 3.39. The van der Waals surface area contributed by atoms with Crippen LogP contribution in [0.5, 0.6) is 11.5 Å². The van der Waals surface area contributed by atoms with Gasteiger partial charge in [0.15, 0.2) is 0 Å². The third-order valence-electron chi connectivity index (χ3n) is 2.08. The Balaban J connectivity index is 2.04. The lowest BCUT2D eigenvalue weighted by Crippen LogP contribution is -2.19. The van der Waals surface area contributed by atoms with Crippen molar-refractivity contribution in [3.05, 3.63) is 36.1 Å². The summed E-state index contributed by atoms with van der Waals surface area (Å²) in [6.45, 7) is 0. The van der Waals surface area contributed by atoms with E-state index < -0.39 is 12.5 Å². The van der Waals surface area contributed by atoms with E-state index in [1.54, 1.807) is 0 Å². The molecule has 1 aromatic rings. The van der Waals surface area contributed by atoms with Gasteiger partial charge in [0.1, 0.15) is 17.3 Å². The Kier molecular flexibility index (Phi) is 2.97. The molecule has 0 amide bonds. The fourth-order valence-electron chi connectivity index (χ4n) is 1.35. The molecule has 92 valence electrons. The lowest BCUT2D eigenvalue weighted by Gasteiger charge is -2.20. The van der Waals surface area contributed by atoms with Crippen LogP contribution >= 0.6 is 0 Å². The number of rotatable bonds is 3. The molecular formula is C11H9F3O3. The molecule has 6 heteroatoms. The van der Waals surface area contributed by atoms with Crippen molar-refractivity contribution in [2.24, 2.45) is 0 Å². The van der Waals surface area contributed by atoms with Gasteiger partial charge in [-0.05, 0) is 18.2 Å². The van der Waals surface area contributed by atoms with Crippen molar-refractivity contribution >= 4 is 0 Å². The second kappa shape index (κ2) is 4.29. The maximum Gasteiger partial charge on any atom is 0.573 e. The minimum Gasteiger partial charge on any atom is -0.462 e. The second-order valence-corrected chi connectivity index (χ2v) is 3.53. The molecule has 1 aliphatic carbocycles. The number of benzene rings is 1. The average molecular weight is 246 g/mol. The van der Waals surface area contributed by atoms with E-state index in [2.05, 4.69) is 4.74 Å². The van der Waals surface area contributed by atoms with Crippen molar-refractivity contribution in [2.75, 3.05) is 0 Å². The van der Waals surface area contributed by atoms with Crippen LogP contribution in [0.25, 0.3) is 0 Å². The molecule has 17 heavy (non-hydrogen) atoms. The van der Waals surface area contributed by atoms with Crippen molar-refractivity contribution in [3.8, 4) is 11.5 Å². The summed E-state index contributed by atoms with van der Waals surface area (Å²) in [4.78, 5) is 0. The Hall–Kier alpha value is -1.69. The quantitative estimate of drug-likeness (QED) is 0.890. The molecule has 0 saturated heterocycles. The topological polar surface area (TPSA) is 38.7 Å². The highest BCUT2D eigenvalue weighted by Crippen LogP contribution is 2.29.